The first-order valence-electron chi connectivity index (χ1n) is 5.39. The Kier molecular flexibility index (Phi) is 2.23. The molecule has 0 unspecified atom stereocenters. The largest absolute Gasteiger partial charge is 0.322 e. The molecule has 84 valence electrons. The lowest BCUT2D eigenvalue weighted by molar-refractivity contribution is 0.104. The Bertz CT molecular complexity index is 619. The van der Waals surface area contributed by atoms with Crippen molar-refractivity contribution in [2.24, 2.45) is 0 Å². The van der Waals surface area contributed by atoms with Crippen molar-refractivity contribution in [2.75, 3.05) is 11.4 Å². The van der Waals surface area contributed by atoms with Gasteiger partial charge in [-0.2, -0.15) is 0 Å². The van der Waals surface area contributed by atoms with Crippen LogP contribution in [0.3, 0.4) is 0 Å². The minimum atomic E-state index is 0.104. The van der Waals surface area contributed by atoms with Crippen molar-refractivity contribution in [3.8, 4) is 11.1 Å². The van der Waals surface area contributed by atoms with E-state index in [4.69, 9.17) is 0 Å². The topological polar surface area (TPSA) is 20.3 Å². The Labute approximate surface area is 105 Å². The quantitative estimate of drug-likeness (QED) is 0.660. The highest BCUT2D eigenvalue weighted by Gasteiger charge is 2.26. The predicted octanol–water partition coefficient (Wildman–Crippen LogP) is 3.18. The van der Waals surface area contributed by atoms with Gasteiger partial charge in [0.15, 0.2) is 5.78 Å². The molecule has 0 heterocycles. The average Bonchev–Trinajstić information content (AvgIpc) is 2.64. The first kappa shape index (κ1) is 10.4. The van der Waals surface area contributed by atoms with Crippen molar-refractivity contribution in [1.82, 2.24) is 0 Å². The maximum Gasteiger partial charge on any atom is 0.194 e. The minimum absolute atomic E-state index is 0.104. The van der Waals surface area contributed by atoms with E-state index in [1.165, 1.54) is 0 Å². The molecule has 3 rings (SSSR count). The van der Waals surface area contributed by atoms with Crippen LogP contribution in [0.4, 0.5) is 5.69 Å². The summed E-state index contributed by atoms with van der Waals surface area (Å²) in [4.78, 5) is 12.2. The predicted molar refractivity (Wildman–Crippen MR) is 72.7 cm³/mol. The van der Waals surface area contributed by atoms with Gasteiger partial charge in [0.25, 0.3) is 0 Å². The van der Waals surface area contributed by atoms with E-state index in [9.17, 15) is 4.79 Å². The summed E-state index contributed by atoms with van der Waals surface area (Å²) < 4.78 is 1.70. The number of carbonyl (C=O) groups is 1. The number of ketones is 1. The van der Waals surface area contributed by atoms with E-state index in [1.807, 2.05) is 49.5 Å². The second kappa shape index (κ2) is 3.64. The van der Waals surface area contributed by atoms with Crippen molar-refractivity contribution < 1.29 is 4.79 Å². The third-order valence-electron chi connectivity index (χ3n) is 3.08. The van der Waals surface area contributed by atoms with Gasteiger partial charge in [-0.3, -0.25) is 4.79 Å². The van der Waals surface area contributed by atoms with E-state index in [1.54, 1.807) is 4.31 Å². The molecule has 0 N–H and O–H groups in total. The van der Waals surface area contributed by atoms with Crippen LogP contribution in [0.1, 0.15) is 15.9 Å². The highest BCUT2D eigenvalue weighted by atomic mass is 32.1. The molecule has 1 aliphatic carbocycles. The van der Waals surface area contributed by atoms with Crippen LogP contribution in [0.2, 0.25) is 0 Å². The van der Waals surface area contributed by atoms with Crippen LogP contribution in [0, 0.1) is 0 Å². The molecule has 0 bridgehead atoms. The Balaban J connectivity index is 2.24. The van der Waals surface area contributed by atoms with Crippen molar-refractivity contribution in [3.05, 3.63) is 53.6 Å². The van der Waals surface area contributed by atoms with Crippen LogP contribution in [0.25, 0.3) is 11.1 Å². The molecule has 0 fully saturated rings. The van der Waals surface area contributed by atoms with Gasteiger partial charge in [0.1, 0.15) is 0 Å². The van der Waals surface area contributed by atoms with Crippen LogP contribution >= 0.6 is 12.8 Å². The third kappa shape index (κ3) is 1.46. The van der Waals surface area contributed by atoms with Gasteiger partial charge in [-0.05, 0) is 23.3 Å². The molecule has 0 aliphatic heterocycles. The number of anilines is 1. The van der Waals surface area contributed by atoms with Crippen LogP contribution in [-0.4, -0.2) is 12.8 Å². The minimum Gasteiger partial charge on any atom is -0.322 e. The summed E-state index contributed by atoms with van der Waals surface area (Å²) in [6.45, 7) is 0. The second-order valence-electron chi connectivity index (χ2n) is 4.13. The number of hydrogen-bond donors (Lipinski definition) is 1. The zero-order chi connectivity index (χ0) is 12.0. The maximum absolute atomic E-state index is 12.2. The lowest BCUT2D eigenvalue weighted by Crippen LogP contribution is -2.02. The van der Waals surface area contributed by atoms with Crippen molar-refractivity contribution in [3.63, 3.8) is 0 Å². The fourth-order valence-corrected chi connectivity index (χ4v) is 2.34. The molecule has 1 aliphatic rings. The van der Waals surface area contributed by atoms with Gasteiger partial charge in [-0.15, -0.1) is 0 Å². The van der Waals surface area contributed by atoms with Crippen molar-refractivity contribution >= 4 is 24.3 Å². The van der Waals surface area contributed by atoms with E-state index < -0.39 is 0 Å². The first-order chi connectivity index (χ1) is 8.18. The third-order valence-corrected chi connectivity index (χ3v) is 3.31. The van der Waals surface area contributed by atoms with Crippen LogP contribution in [0.15, 0.2) is 42.5 Å². The van der Waals surface area contributed by atoms with Crippen LogP contribution < -0.4 is 4.31 Å². The lowest BCUT2D eigenvalue weighted by Gasteiger charge is -2.11. The standard InChI is InChI=1S/C14H11NOS/c1-15(17)9-6-7-11-10-4-2-3-5-12(10)14(16)13(11)8-9/h2-8,17H,1H3. The Morgan fingerprint density at radius 2 is 1.59 bits per heavy atom. The van der Waals surface area contributed by atoms with E-state index in [0.717, 1.165) is 27.9 Å². The molecular weight excluding hydrogens is 230 g/mol. The lowest BCUT2D eigenvalue weighted by atomic mass is 10.1. The molecule has 3 heteroatoms. The van der Waals surface area contributed by atoms with Gasteiger partial charge < -0.3 is 4.31 Å². The Morgan fingerprint density at radius 3 is 2.29 bits per heavy atom. The molecule has 0 amide bonds. The molecule has 0 aromatic heterocycles. The van der Waals surface area contributed by atoms with Gasteiger partial charge in [-0.1, -0.05) is 43.1 Å². The van der Waals surface area contributed by atoms with Crippen LogP contribution in [-0.2, 0) is 0 Å². The summed E-state index contributed by atoms with van der Waals surface area (Å²) in [7, 11) is 1.84. The molecule has 0 atom stereocenters. The van der Waals surface area contributed by atoms with Crippen LogP contribution in [0.5, 0.6) is 0 Å². The van der Waals surface area contributed by atoms with E-state index in [2.05, 4.69) is 12.8 Å². The maximum atomic E-state index is 12.2. The summed E-state index contributed by atoms with van der Waals surface area (Å²) in [6.07, 6.45) is 0. The fraction of sp³-hybridized carbons (Fsp3) is 0.0714. The van der Waals surface area contributed by atoms with Gasteiger partial charge in [0, 0.05) is 23.9 Å². The van der Waals surface area contributed by atoms with E-state index in [-0.39, 0.29) is 5.78 Å². The molecule has 17 heavy (non-hydrogen) atoms. The molecule has 0 saturated carbocycles. The molecule has 0 spiro atoms. The molecule has 0 radical (unpaired) electrons. The zero-order valence-corrected chi connectivity index (χ0v) is 10.2. The highest BCUT2D eigenvalue weighted by molar-refractivity contribution is 7.81. The summed E-state index contributed by atoms with van der Waals surface area (Å²) in [6, 6.07) is 13.6. The number of thiol groups is 1. The Hall–Kier alpha value is -1.74. The molecule has 2 aromatic rings. The SMILES string of the molecule is CN(S)c1ccc2c(c1)C(=O)c1ccccc1-2. The zero-order valence-electron chi connectivity index (χ0n) is 9.34. The number of rotatable bonds is 1. The summed E-state index contributed by atoms with van der Waals surface area (Å²) in [5.41, 5.74) is 4.53. The molecule has 0 saturated heterocycles. The fourth-order valence-electron chi connectivity index (χ4n) is 2.22. The average molecular weight is 241 g/mol. The van der Waals surface area contributed by atoms with E-state index in [0.29, 0.717) is 0 Å². The van der Waals surface area contributed by atoms with Gasteiger partial charge in [0.05, 0.1) is 0 Å². The normalized spacial score (nSPS) is 12.2. The van der Waals surface area contributed by atoms with Crippen molar-refractivity contribution in [1.29, 1.82) is 0 Å². The summed E-state index contributed by atoms with van der Waals surface area (Å²) in [5.74, 6) is 0.104. The van der Waals surface area contributed by atoms with Gasteiger partial charge in [-0.25, -0.2) is 0 Å². The monoisotopic (exact) mass is 241 g/mol. The van der Waals surface area contributed by atoms with Gasteiger partial charge in [0.2, 0.25) is 0 Å². The summed E-state index contributed by atoms with van der Waals surface area (Å²) >= 11 is 4.24. The number of fused-ring (bicyclic) bond motifs is 3. The highest BCUT2D eigenvalue weighted by Crippen LogP contribution is 2.38. The first-order valence-corrected chi connectivity index (χ1v) is 5.79. The smallest absolute Gasteiger partial charge is 0.194 e. The van der Waals surface area contributed by atoms with Crippen molar-refractivity contribution in [2.45, 2.75) is 0 Å². The molecular formula is C14H11NOS. The number of nitrogens with zero attached hydrogens (tertiary/aromatic N) is 1. The van der Waals surface area contributed by atoms with E-state index >= 15 is 0 Å². The summed E-state index contributed by atoms with van der Waals surface area (Å²) in [5, 5.41) is 0. The van der Waals surface area contributed by atoms with Gasteiger partial charge >= 0.3 is 0 Å². The second-order valence-corrected chi connectivity index (χ2v) is 4.73. The Morgan fingerprint density at radius 1 is 0.941 bits per heavy atom. The molecule has 2 aromatic carbocycles. The molecule has 2 nitrogen and oxygen atoms in total. The number of benzene rings is 2. The number of carbonyl (C=O) groups excluding carboxylic acids is 1. The number of hydrogen-bond acceptors (Lipinski definition) is 3.